The number of carbonyl (C=O) groups excluding carboxylic acids is 1. The molecule has 0 spiro atoms. The highest BCUT2D eigenvalue weighted by molar-refractivity contribution is 5.72. The van der Waals surface area contributed by atoms with E-state index >= 15 is 0 Å². The zero-order valence-electron chi connectivity index (χ0n) is 10.8. The second kappa shape index (κ2) is 6.93. The van der Waals surface area contributed by atoms with Crippen LogP contribution in [-0.4, -0.2) is 25.8 Å². The number of hydrogen-bond donors (Lipinski definition) is 0. The van der Waals surface area contributed by atoms with Gasteiger partial charge in [-0.05, 0) is 19.1 Å². The highest BCUT2D eigenvalue weighted by atomic mass is 16.7. The highest BCUT2D eigenvalue weighted by Gasteiger charge is 2.17. The minimum Gasteiger partial charge on any atom is -0.465 e. The third-order valence-corrected chi connectivity index (χ3v) is 2.58. The fourth-order valence-corrected chi connectivity index (χ4v) is 1.70. The lowest BCUT2D eigenvalue weighted by Crippen LogP contribution is -2.01. The molecule has 1 heterocycles. The van der Waals surface area contributed by atoms with E-state index in [1.54, 1.807) is 6.92 Å². The van der Waals surface area contributed by atoms with Crippen molar-refractivity contribution in [3.8, 4) is 11.8 Å². The molecule has 0 unspecified atom stereocenters. The lowest BCUT2D eigenvalue weighted by atomic mass is 10.1. The summed E-state index contributed by atoms with van der Waals surface area (Å²) in [6.07, 6.45) is -0.147. The van der Waals surface area contributed by atoms with Crippen molar-refractivity contribution in [2.75, 3.05) is 19.8 Å². The van der Waals surface area contributed by atoms with Gasteiger partial charge in [0.05, 0.1) is 19.8 Å². The van der Waals surface area contributed by atoms with Gasteiger partial charge < -0.3 is 14.2 Å². The Labute approximate surface area is 112 Å². The molecule has 2 rings (SSSR count). The van der Waals surface area contributed by atoms with Gasteiger partial charge in [-0.15, -0.1) is 0 Å². The van der Waals surface area contributed by atoms with E-state index in [0.29, 0.717) is 19.8 Å². The van der Waals surface area contributed by atoms with E-state index < -0.39 is 0 Å². The molecule has 0 atom stereocenters. The summed E-state index contributed by atoms with van der Waals surface area (Å²) >= 11 is 0. The first-order chi connectivity index (χ1) is 9.29. The Morgan fingerprint density at radius 1 is 1.32 bits per heavy atom. The summed E-state index contributed by atoms with van der Waals surface area (Å²) in [6, 6.07) is 7.62. The Morgan fingerprint density at radius 2 is 2.00 bits per heavy atom. The molecule has 0 amide bonds. The van der Waals surface area contributed by atoms with Crippen LogP contribution in [-0.2, 0) is 19.0 Å². The van der Waals surface area contributed by atoms with Crippen molar-refractivity contribution in [1.82, 2.24) is 0 Å². The van der Waals surface area contributed by atoms with Crippen molar-refractivity contribution in [2.45, 2.75) is 19.6 Å². The summed E-state index contributed by atoms with van der Waals surface area (Å²) < 4.78 is 15.6. The summed E-state index contributed by atoms with van der Waals surface area (Å²) in [6.45, 7) is 3.42. The van der Waals surface area contributed by atoms with E-state index in [-0.39, 0.29) is 18.7 Å². The number of ether oxygens (including phenoxy) is 3. The zero-order chi connectivity index (χ0) is 13.5. The average molecular weight is 260 g/mol. The van der Waals surface area contributed by atoms with E-state index in [4.69, 9.17) is 14.2 Å². The summed E-state index contributed by atoms with van der Waals surface area (Å²) in [5, 5.41) is 0. The Bertz CT molecular complexity index is 475. The van der Waals surface area contributed by atoms with Crippen LogP contribution in [0.3, 0.4) is 0 Å². The standard InChI is InChI=1S/C15H16O4/c1-2-17-14(16)5-3-4-12-6-8-13(9-7-12)15-18-10-11-19-15/h6-9,15H,2,5,10-11H2,1H3. The normalized spacial score (nSPS) is 14.8. The molecule has 1 saturated heterocycles. The Morgan fingerprint density at radius 3 is 2.63 bits per heavy atom. The fraction of sp³-hybridized carbons (Fsp3) is 0.400. The molecule has 100 valence electrons. The lowest BCUT2D eigenvalue weighted by Gasteiger charge is -2.08. The fourth-order valence-electron chi connectivity index (χ4n) is 1.70. The van der Waals surface area contributed by atoms with Crippen LogP contribution in [0.15, 0.2) is 24.3 Å². The lowest BCUT2D eigenvalue weighted by molar-refractivity contribution is -0.141. The summed E-state index contributed by atoms with van der Waals surface area (Å²) in [5.74, 6) is 5.42. The van der Waals surface area contributed by atoms with E-state index in [9.17, 15) is 4.79 Å². The Balaban J connectivity index is 1.91. The number of rotatable bonds is 3. The van der Waals surface area contributed by atoms with Gasteiger partial charge in [-0.25, -0.2) is 0 Å². The first kappa shape index (κ1) is 13.6. The quantitative estimate of drug-likeness (QED) is 0.616. The van der Waals surface area contributed by atoms with Crippen LogP contribution in [0, 0.1) is 11.8 Å². The molecule has 1 aromatic carbocycles. The molecule has 1 aliphatic heterocycles. The molecular formula is C15H16O4. The predicted octanol–water partition coefficient (Wildman–Crippen LogP) is 2.04. The van der Waals surface area contributed by atoms with Crippen molar-refractivity contribution < 1.29 is 19.0 Å². The maximum Gasteiger partial charge on any atom is 0.317 e. The average Bonchev–Trinajstić information content (AvgIpc) is 2.94. The molecule has 0 bridgehead atoms. The molecule has 0 saturated carbocycles. The van der Waals surface area contributed by atoms with E-state index in [1.165, 1.54) is 0 Å². The monoisotopic (exact) mass is 260 g/mol. The molecule has 0 radical (unpaired) electrons. The molecule has 0 aromatic heterocycles. The summed E-state index contributed by atoms with van der Waals surface area (Å²) in [7, 11) is 0. The molecule has 1 aliphatic rings. The maximum atomic E-state index is 11.1. The third-order valence-electron chi connectivity index (χ3n) is 2.58. The van der Waals surface area contributed by atoms with Gasteiger partial charge >= 0.3 is 5.97 Å². The van der Waals surface area contributed by atoms with Gasteiger partial charge in [-0.3, -0.25) is 4.79 Å². The van der Waals surface area contributed by atoms with Gasteiger partial charge in [0.25, 0.3) is 0 Å². The van der Waals surface area contributed by atoms with Crippen molar-refractivity contribution >= 4 is 5.97 Å². The van der Waals surface area contributed by atoms with Crippen molar-refractivity contribution in [1.29, 1.82) is 0 Å². The minimum absolute atomic E-state index is 0.116. The van der Waals surface area contributed by atoms with Crippen LogP contribution in [0.25, 0.3) is 0 Å². The molecule has 19 heavy (non-hydrogen) atoms. The number of hydrogen-bond acceptors (Lipinski definition) is 4. The molecule has 4 heteroatoms. The maximum absolute atomic E-state index is 11.1. The van der Waals surface area contributed by atoms with Gasteiger partial charge in [-0.2, -0.15) is 0 Å². The summed E-state index contributed by atoms with van der Waals surface area (Å²) in [4.78, 5) is 11.1. The van der Waals surface area contributed by atoms with E-state index in [1.807, 2.05) is 24.3 Å². The number of esters is 1. The smallest absolute Gasteiger partial charge is 0.317 e. The SMILES string of the molecule is CCOC(=O)CC#Cc1ccc(C2OCCO2)cc1. The molecule has 4 nitrogen and oxygen atoms in total. The van der Waals surface area contributed by atoms with Crippen LogP contribution in [0.1, 0.15) is 30.8 Å². The second-order valence-corrected chi connectivity index (χ2v) is 3.98. The first-order valence-electron chi connectivity index (χ1n) is 6.27. The summed E-state index contributed by atoms with van der Waals surface area (Å²) in [5.41, 5.74) is 1.83. The first-order valence-corrected chi connectivity index (χ1v) is 6.27. The van der Waals surface area contributed by atoms with Crippen LogP contribution >= 0.6 is 0 Å². The van der Waals surface area contributed by atoms with E-state index in [2.05, 4.69) is 11.8 Å². The topological polar surface area (TPSA) is 44.8 Å². The molecular weight excluding hydrogens is 244 g/mol. The predicted molar refractivity (Wildman–Crippen MR) is 69.2 cm³/mol. The van der Waals surface area contributed by atoms with Crippen LogP contribution in [0.4, 0.5) is 0 Å². The molecule has 0 N–H and O–H groups in total. The van der Waals surface area contributed by atoms with Gasteiger partial charge in [0.15, 0.2) is 6.29 Å². The second-order valence-electron chi connectivity index (χ2n) is 3.98. The highest BCUT2D eigenvalue weighted by Crippen LogP contribution is 2.22. The minimum atomic E-state index is -0.292. The van der Waals surface area contributed by atoms with Crippen molar-refractivity contribution in [2.24, 2.45) is 0 Å². The van der Waals surface area contributed by atoms with E-state index in [0.717, 1.165) is 11.1 Å². The number of benzene rings is 1. The van der Waals surface area contributed by atoms with Gasteiger partial charge in [-0.1, -0.05) is 24.0 Å². The third kappa shape index (κ3) is 4.09. The van der Waals surface area contributed by atoms with Gasteiger partial charge in [0.2, 0.25) is 0 Å². The van der Waals surface area contributed by atoms with Gasteiger partial charge in [0.1, 0.15) is 6.42 Å². The number of carbonyl (C=O) groups is 1. The van der Waals surface area contributed by atoms with Gasteiger partial charge in [0, 0.05) is 11.1 Å². The van der Waals surface area contributed by atoms with Crippen molar-refractivity contribution in [3.63, 3.8) is 0 Å². The molecule has 0 aliphatic carbocycles. The van der Waals surface area contributed by atoms with Crippen molar-refractivity contribution in [3.05, 3.63) is 35.4 Å². The van der Waals surface area contributed by atoms with Crippen LogP contribution in [0.5, 0.6) is 0 Å². The zero-order valence-corrected chi connectivity index (χ0v) is 10.8. The van der Waals surface area contributed by atoms with Crippen LogP contribution in [0.2, 0.25) is 0 Å². The Hall–Kier alpha value is -1.83. The largest absolute Gasteiger partial charge is 0.465 e. The Kier molecular flexibility index (Phi) is 4.96. The molecule has 1 aromatic rings. The van der Waals surface area contributed by atoms with Crippen LogP contribution < -0.4 is 0 Å². The molecule has 1 fully saturated rings.